The number of fused-ring (bicyclic) bond motifs is 1. The van der Waals surface area contributed by atoms with E-state index in [1.165, 1.54) is 22.3 Å². The van der Waals surface area contributed by atoms with Crippen molar-refractivity contribution in [3.8, 4) is 11.5 Å². The maximum atomic E-state index is 12.4. The van der Waals surface area contributed by atoms with Gasteiger partial charge in [0.05, 0.1) is 20.3 Å². The predicted octanol–water partition coefficient (Wildman–Crippen LogP) is 4.21. The molecule has 2 atom stereocenters. The molecule has 0 radical (unpaired) electrons. The summed E-state index contributed by atoms with van der Waals surface area (Å²) < 4.78 is 11.1. The molecule has 31 heavy (non-hydrogen) atoms. The number of hydrogen-bond donors (Lipinski definition) is 2. The summed E-state index contributed by atoms with van der Waals surface area (Å²) in [5.74, 6) is 1.46. The normalized spacial score (nSPS) is 16.9. The molecule has 0 bridgehead atoms. The Labute approximate surface area is 185 Å². The van der Waals surface area contributed by atoms with E-state index < -0.39 is 0 Å². The number of rotatable bonds is 8. The molecule has 2 amide bonds. The first-order chi connectivity index (χ1) is 15.0. The van der Waals surface area contributed by atoms with E-state index in [9.17, 15) is 4.79 Å². The highest BCUT2D eigenvalue weighted by Gasteiger charge is 2.33. The van der Waals surface area contributed by atoms with Gasteiger partial charge < -0.3 is 20.1 Å². The van der Waals surface area contributed by atoms with Crippen molar-refractivity contribution < 1.29 is 14.3 Å². The lowest BCUT2D eigenvalue weighted by molar-refractivity contribution is 0.143. The zero-order chi connectivity index (χ0) is 22.4. The van der Waals surface area contributed by atoms with Crippen molar-refractivity contribution in [1.82, 2.24) is 15.5 Å². The van der Waals surface area contributed by atoms with E-state index in [4.69, 9.17) is 9.47 Å². The van der Waals surface area contributed by atoms with Crippen LogP contribution < -0.4 is 20.1 Å². The smallest absolute Gasteiger partial charge is 0.315 e. The molecule has 0 aliphatic carbocycles. The summed E-state index contributed by atoms with van der Waals surface area (Å²) in [5, 5.41) is 6.08. The van der Waals surface area contributed by atoms with E-state index in [2.05, 4.69) is 65.8 Å². The maximum Gasteiger partial charge on any atom is 0.315 e. The van der Waals surface area contributed by atoms with Gasteiger partial charge in [-0.1, -0.05) is 36.8 Å². The molecule has 0 saturated heterocycles. The SMILES string of the molecule is CCCNC(=O)N[C@H](C)[C@H]1c2cc(OC)c(OC)cc2CCN1Cc1cccc(C)c1. The Hall–Kier alpha value is -2.73. The molecule has 1 aliphatic heterocycles. The van der Waals surface area contributed by atoms with Crippen LogP contribution in [-0.2, 0) is 13.0 Å². The lowest BCUT2D eigenvalue weighted by Gasteiger charge is -2.41. The summed E-state index contributed by atoms with van der Waals surface area (Å²) in [4.78, 5) is 14.9. The third-order valence-corrected chi connectivity index (χ3v) is 5.86. The topological polar surface area (TPSA) is 62.8 Å². The first-order valence-electron chi connectivity index (χ1n) is 11.1. The van der Waals surface area contributed by atoms with Crippen LogP contribution in [0, 0.1) is 6.92 Å². The molecule has 168 valence electrons. The second kappa shape index (κ2) is 10.5. The van der Waals surface area contributed by atoms with Gasteiger partial charge >= 0.3 is 6.03 Å². The number of nitrogens with one attached hydrogen (secondary N) is 2. The van der Waals surface area contributed by atoms with Crippen LogP contribution in [0.2, 0.25) is 0 Å². The summed E-state index contributed by atoms with van der Waals surface area (Å²) in [6.45, 7) is 8.63. The molecule has 2 N–H and O–H groups in total. The van der Waals surface area contributed by atoms with Crippen LogP contribution in [0.4, 0.5) is 4.79 Å². The lowest BCUT2D eigenvalue weighted by atomic mass is 9.87. The summed E-state index contributed by atoms with van der Waals surface area (Å²) >= 11 is 0. The van der Waals surface area contributed by atoms with Gasteiger partial charge in [-0.2, -0.15) is 0 Å². The number of benzene rings is 2. The first kappa shape index (κ1) is 22.9. The van der Waals surface area contributed by atoms with E-state index in [1.54, 1.807) is 14.2 Å². The van der Waals surface area contributed by atoms with Crippen LogP contribution in [0.3, 0.4) is 0 Å². The number of carbonyl (C=O) groups excluding carboxylic acids is 1. The molecule has 1 heterocycles. The molecule has 0 unspecified atom stereocenters. The quantitative estimate of drug-likeness (QED) is 0.665. The fraction of sp³-hybridized carbons (Fsp3) is 0.480. The fourth-order valence-corrected chi connectivity index (χ4v) is 4.41. The number of ether oxygens (including phenoxy) is 2. The van der Waals surface area contributed by atoms with Gasteiger partial charge in [-0.25, -0.2) is 4.79 Å². The molecule has 2 aromatic carbocycles. The van der Waals surface area contributed by atoms with Gasteiger partial charge in [0, 0.05) is 25.7 Å². The van der Waals surface area contributed by atoms with E-state index in [0.717, 1.165) is 31.7 Å². The van der Waals surface area contributed by atoms with Gasteiger partial charge in [0.2, 0.25) is 0 Å². The van der Waals surface area contributed by atoms with Crippen molar-refractivity contribution in [3.63, 3.8) is 0 Å². The summed E-state index contributed by atoms with van der Waals surface area (Å²) in [6, 6.07) is 12.6. The summed E-state index contributed by atoms with van der Waals surface area (Å²) in [6.07, 6.45) is 1.83. The second-order valence-electron chi connectivity index (χ2n) is 8.25. The highest BCUT2D eigenvalue weighted by molar-refractivity contribution is 5.74. The minimum absolute atomic E-state index is 0.0245. The number of aryl methyl sites for hydroxylation is 1. The number of carbonyl (C=O) groups is 1. The van der Waals surface area contributed by atoms with Crippen molar-refractivity contribution >= 4 is 6.03 Å². The molecule has 0 spiro atoms. The molecule has 2 aromatic rings. The van der Waals surface area contributed by atoms with Crippen LogP contribution in [0.25, 0.3) is 0 Å². The highest BCUT2D eigenvalue weighted by Crippen LogP contribution is 2.40. The molecule has 3 rings (SSSR count). The molecule has 6 heteroatoms. The predicted molar refractivity (Wildman–Crippen MR) is 124 cm³/mol. The Kier molecular flexibility index (Phi) is 7.80. The Morgan fingerprint density at radius 1 is 1.19 bits per heavy atom. The zero-order valence-corrected chi connectivity index (χ0v) is 19.3. The Morgan fingerprint density at radius 2 is 1.94 bits per heavy atom. The Morgan fingerprint density at radius 3 is 2.61 bits per heavy atom. The Bertz CT molecular complexity index is 900. The number of urea groups is 1. The van der Waals surface area contributed by atoms with Crippen LogP contribution in [-0.4, -0.2) is 44.3 Å². The average Bonchev–Trinajstić information content (AvgIpc) is 2.76. The van der Waals surface area contributed by atoms with Gasteiger partial charge in [0.25, 0.3) is 0 Å². The summed E-state index contributed by atoms with van der Waals surface area (Å²) in [7, 11) is 3.32. The number of hydrogen-bond acceptors (Lipinski definition) is 4. The zero-order valence-electron chi connectivity index (χ0n) is 19.3. The van der Waals surface area contributed by atoms with E-state index >= 15 is 0 Å². The Balaban J connectivity index is 1.94. The largest absolute Gasteiger partial charge is 0.493 e. The van der Waals surface area contributed by atoms with Crippen molar-refractivity contribution in [1.29, 1.82) is 0 Å². The molecule has 0 saturated carbocycles. The average molecular weight is 426 g/mol. The highest BCUT2D eigenvalue weighted by atomic mass is 16.5. The van der Waals surface area contributed by atoms with Crippen molar-refractivity contribution in [2.45, 2.75) is 52.2 Å². The molecular weight excluding hydrogens is 390 g/mol. The van der Waals surface area contributed by atoms with Gasteiger partial charge in [-0.15, -0.1) is 0 Å². The first-order valence-corrected chi connectivity index (χ1v) is 11.1. The van der Waals surface area contributed by atoms with Gasteiger partial charge in [-0.05, 0) is 55.5 Å². The molecule has 1 aliphatic rings. The standard InChI is InChI=1S/C25H35N3O3/c1-6-11-26-25(29)27-18(3)24-21-15-23(31-5)22(30-4)14-20(21)10-12-28(24)16-19-9-7-8-17(2)13-19/h7-9,13-15,18,24H,6,10-12,16H2,1-5H3,(H2,26,27,29)/t18-,24+/m1/s1. The van der Waals surface area contributed by atoms with Crippen LogP contribution in [0.1, 0.15) is 48.6 Å². The third kappa shape index (κ3) is 5.50. The van der Waals surface area contributed by atoms with Gasteiger partial charge in [-0.3, -0.25) is 4.90 Å². The van der Waals surface area contributed by atoms with Crippen molar-refractivity contribution in [2.75, 3.05) is 27.3 Å². The van der Waals surface area contributed by atoms with E-state index in [1.807, 2.05) is 6.92 Å². The van der Waals surface area contributed by atoms with Crippen LogP contribution >= 0.6 is 0 Å². The molecule has 6 nitrogen and oxygen atoms in total. The van der Waals surface area contributed by atoms with Crippen molar-refractivity contribution in [3.05, 3.63) is 58.7 Å². The van der Waals surface area contributed by atoms with Gasteiger partial charge in [0.1, 0.15) is 0 Å². The molecule has 0 fully saturated rings. The van der Waals surface area contributed by atoms with E-state index in [-0.39, 0.29) is 18.1 Å². The van der Waals surface area contributed by atoms with Crippen molar-refractivity contribution in [2.24, 2.45) is 0 Å². The number of amides is 2. The lowest BCUT2D eigenvalue weighted by Crippen LogP contribution is -2.50. The van der Waals surface area contributed by atoms with Gasteiger partial charge in [0.15, 0.2) is 11.5 Å². The summed E-state index contributed by atoms with van der Waals surface area (Å²) in [5.41, 5.74) is 4.95. The number of nitrogens with zero attached hydrogens (tertiary/aromatic N) is 1. The minimum Gasteiger partial charge on any atom is -0.493 e. The van der Waals surface area contributed by atoms with Crippen LogP contribution in [0.15, 0.2) is 36.4 Å². The maximum absolute atomic E-state index is 12.4. The monoisotopic (exact) mass is 425 g/mol. The molecular formula is C25H35N3O3. The molecule has 0 aromatic heterocycles. The second-order valence-corrected chi connectivity index (χ2v) is 8.25. The van der Waals surface area contributed by atoms with Crippen LogP contribution in [0.5, 0.6) is 11.5 Å². The number of methoxy groups -OCH3 is 2. The van der Waals surface area contributed by atoms with E-state index in [0.29, 0.717) is 12.3 Å². The third-order valence-electron chi connectivity index (χ3n) is 5.86. The minimum atomic E-state index is -0.127. The fourth-order valence-electron chi connectivity index (χ4n) is 4.41.